The second-order valence-corrected chi connectivity index (χ2v) is 7.35. The molecule has 0 atom stereocenters. The first kappa shape index (κ1) is 17.7. The molecule has 0 saturated carbocycles. The Balaban J connectivity index is 1.81. The minimum atomic E-state index is -0.131. The number of hydrogen-bond donors (Lipinski definition) is 0. The molecule has 0 unspecified atom stereocenters. The number of thioether (sulfide) groups is 1. The Morgan fingerprint density at radius 2 is 1.89 bits per heavy atom. The molecule has 0 radical (unpaired) electrons. The molecule has 4 aromatic rings. The van der Waals surface area contributed by atoms with Crippen LogP contribution < -0.4 is 5.56 Å². The molecule has 0 bridgehead atoms. The van der Waals surface area contributed by atoms with Gasteiger partial charge in [-0.3, -0.25) is 4.79 Å². The van der Waals surface area contributed by atoms with Gasteiger partial charge in [0.15, 0.2) is 5.16 Å². The Hall–Kier alpha value is -2.70. The van der Waals surface area contributed by atoms with Gasteiger partial charge in [-0.15, -0.1) is 0 Å². The van der Waals surface area contributed by atoms with Crippen molar-refractivity contribution in [3.63, 3.8) is 0 Å². The van der Waals surface area contributed by atoms with Crippen LogP contribution in [0.5, 0.6) is 0 Å². The lowest BCUT2D eigenvalue weighted by Gasteiger charge is -2.12. The molecule has 3 heterocycles. The van der Waals surface area contributed by atoms with Crippen molar-refractivity contribution in [2.75, 3.05) is 0 Å². The number of aryl methyl sites for hydroxylation is 1. The maximum absolute atomic E-state index is 13.1. The van der Waals surface area contributed by atoms with Crippen LogP contribution in [0.3, 0.4) is 0 Å². The summed E-state index contributed by atoms with van der Waals surface area (Å²) in [4.78, 5) is 26.4. The van der Waals surface area contributed by atoms with Gasteiger partial charge in [-0.1, -0.05) is 47.6 Å². The van der Waals surface area contributed by atoms with Crippen molar-refractivity contribution in [1.29, 1.82) is 0 Å². The van der Waals surface area contributed by atoms with Gasteiger partial charge in [0.2, 0.25) is 0 Å². The van der Waals surface area contributed by atoms with E-state index in [4.69, 9.17) is 16.6 Å². The van der Waals surface area contributed by atoms with Gasteiger partial charge >= 0.3 is 0 Å². The molecule has 3 aromatic heterocycles. The van der Waals surface area contributed by atoms with Crippen LogP contribution >= 0.6 is 23.4 Å². The van der Waals surface area contributed by atoms with Gasteiger partial charge in [-0.05, 0) is 42.3 Å². The number of fused-ring (bicyclic) bond motifs is 1. The lowest BCUT2D eigenvalue weighted by atomic mass is 10.2. The lowest BCUT2D eigenvalue weighted by Crippen LogP contribution is -2.22. The molecule has 4 rings (SSSR count). The van der Waals surface area contributed by atoms with Crippen LogP contribution in [0.25, 0.3) is 16.7 Å². The van der Waals surface area contributed by atoms with E-state index >= 15 is 0 Å². The van der Waals surface area contributed by atoms with Crippen molar-refractivity contribution < 1.29 is 0 Å². The van der Waals surface area contributed by atoms with Gasteiger partial charge in [-0.25, -0.2) is 19.5 Å². The van der Waals surface area contributed by atoms with E-state index in [9.17, 15) is 4.79 Å². The fraction of sp³-hybridized carbons (Fsp3) is 0.100. The summed E-state index contributed by atoms with van der Waals surface area (Å²) >= 11 is 7.31. The molecule has 0 aliphatic rings. The molecular formula is C20H15ClN4OS. The number of para-hydroxylation sites is 1. The number of nitrogens with zero attached hydrogens (tertiary/aromatic N) is 4. The van der Waals surface area contributed by atoms with Gasteiger partial charge in [0.25, 0.3) is 5.56 Å². The van der Waals surface area contributed by atoms with Crippen LogP contribution in [-0.2, 0) is 5.75 Å². The average molecular weight is 395 g/mol. The first-order valence-corrected chi connectivity index (χ1v) is 9.66. The second-order valence-electron chi connectivity index (χ2n) is 6.02. The number of hydrogen-bond acceptors (Lipinski definition) is 5. The summed E-state index contributed by atoms with van der Waals surface area (Å²) in [6, 6.07) is 14.8. The highest BCUT2D eigenvalue weighted by atomic mass is 35.5. The molecular weight excluding hydrogens is 380 g/mol. The van der Waals surface area contributed by atoms with Crippen LogP contribution in [0, 0.1) is 6.92 Å². The Kier molecular flexibility index (Phi) is 4.92. The highest BCUT2D eigenvalue weighted by molar-refractivity contribution is 7.98. The van der Waals surface area contributed by atoms with Gasteiger partial charge in [0, 0.05) is 18.1 Å². The molecule has 27 heavy (non-hydrogen) atoms. The number of benzene rings is 1. The average Bonchev–Trinajstić information content (AvgIpc) is 2.69. The summed E-state index contributed by atoms with van der Waals surface area (Å²) in [6.07, 6.45) is 3.47. The molecule has 0 fully saturated rings. The molecule has 5 nitrogen and oxygen atoms in total. The fourth-order valence-electron chi connectivity index (χ4n) is 2.64. The maximum Gasteiger partial charge on any atom is 0.267 e. The predicted molar refractivity (Wildman–Crippen MR) is 109 cm³/mol. The monoisotopic (exact) mass is 394 g/mol. The van der Waals surface area contributed by atoms with Crippen molar-refractivity contribution in [2.24, 2.45) is 0 Å². The summed E-state index contributed by atoms with van der Waals surface area (Å²) in [5.41, 5.74) is 2.56. The SMILES string of the molecule is Cc1ccc(-n2c(SCc3ccc(Cl)nc3)nc3ccccc3c2=O)nc1. The van der Waals surface area contributed by atoms with Crippen molar-refractivity contribution >= 4 is 34.3 Å². The predicted octanol–water partition coefficient (Wildman–Crippen LogP) is 4.43. The highest BCUT2D eigenvalue weighted by Gasteiger charge is 2.14. The van der Waals surface area contributed by atoms with Gasteiger partial charge in [0.1, 0.15) is 11.0 Å². The van der Waals surface area contributed by atoms with Crippen LogP contribution in [0.1, 0.15) is 11.1 Å². The Morgan fingerprint density at radius 3 is 2.63 bits per heavy atom. The molecule has 0 N–H and O–H groups in total. The largest absolute Gasteiger partial charge is 0.268 e. The molecule has 0 amide bonds. The number of rotatable bonds is 4. The number of halogens is 1. The summed E-state index contributed by atoms with van der Waals surface area (Å²) < 4.78 is 1.57. The van der Waals surface area contributed by atoms with Crippen molar-refractivity contribution in [3.8, 4) is 5.82 Å². The van der Waals surface area contributed by atoms with E-state index in [1.807, 2.05) is 43.3 Å². The number of aromatic nitrogens is 4. The van der Waals surface area contributed by atoms with Crippen LogP contribution in [0.2, 0.25) is 5.15 Å². The Labute approximate surface area is 165 Å². The molecule has 0 saturated heterocycles. The smallest absolute Gasteiger partial charge is 0.267 e. The van der Waals surface area contributed by atoms with Gasteiger partial charge in [0.05, 0.1) is 10.9 Å². The second kappa shape index (κ2) is 7.50. The fourth-order valence-corrected chi connectivity index (χ4v) is 3.69. The quantitative estimate of drug-likeness (QED) is 0.291. The molecule has 0 spiro atoms. The zero-order valence-electron chi connectivity index (χ0n) is 14.5. The zero-order valence-corrected chi connectivity index (χ0v) is 16.0. The van der Waals surface area contributed by atoms with E-state index in [1.165, 1.54) is 11.8 Å². The van der Waals surface area contributed by atoms with Crippen molar-refractivity contribution in [1.82, 2.24) is 19.5 Å². The third kappa shape index (κ3) is 3.72. The van der Waals surface area contributed by atoms with Crippen molar-refractivity contribution in [3.05, 3.63) is 87.6 Å². The minimum Gasteiger partial charge on any atom is -0.268 e. The lowest BCUT2D eigenvalue weighted by molar-refractivity contribution is 0.794. The topological polar surface area (TPSA) is 60.7 Å². The van der Waals surface area contributed by atoms with E-state index in [1.54, 1.807) is 29.1 Å². The summed E-state index contributed by atoms with van der Waals surface area (Å²) in [6.45, 7) is 1.96. The summed E-state index contributed by atoms with van der Waals surface area (Å²) in [5, 5.41) is 1.61. The Morgan fingerprint density at radius 1 is 1.04 bits per heavy atom. The molecule has 0 aliphatic carbocycles. The Bertz CT molecular complexity index is 1160. The molecule has 0 aliphatic heterocycles. The van der Waals surface area contributed by atoms with Crippen LogP contribution in [-0.4, -0.2) is 19.5 Å². The molecule has 134 valence electrons. The first-order chi connectivity index (χ1) is 13.1. The van der Waals surface area contributed by atoms with Crippen LogP contribution in [0.4, 0.5) is 0 Å². The maximum atomic E-state index is 13.1. The highest BCUT2D eigenvalue weighted by Crippen LogP contribution is 2.24. The minimum absolute atomic E-state index is 0.131. The summed E-state index contributed by atoms with van der Waals surface area (Å²) in [7, 11) is 0. The normalized spacial score (nSPS) is 11.0. The molecule has 1 aromatic carbocycles. The van der Waals surface area contributed by atoms with Gasteiger partial charge < -0.3 is 0 Å². The van der Waals surface area contributed by atoms with E-state index in [0.29, 0.717) is 32.8 Å². The third-order valence-electron chi connectivity index (χ3n) is 4.03. The first-order valence-electron chi connectivity index (χ1n) is 8.30. The van der Waals surface area contributed by atoms with Gasteiger partial charge in [-0.2, -0.15) is 0 Å². The van der Waals surface area contributed by atoms with Crippen LogP contribution in [0.15, 0.2) is 70.9 Å². The van der Waals surface area contributed by atoms with E-state index < -0.39 is 0 Å². The third-order valence-corrected chi connectivity index (χ3v) is 5.26. The van der Waals surface area contributed by atoms with E-state index in [0.717, 1.165) is 11.1 Å². The number of pyridine rings is 2. The van der Waals surface area contributed by atoms with E-state index in [-0.39, 0.29) is 5.56 Å². The standard InChI is InChI=1S/C20H15ClN4OS/c1-13-6-9-18(23-10-13)25-19(26)15-4-2-3-5-16(15)24-20(25)27-12-14-7-8-17(21)22-11-14/h2-11H,12H2,1H3. The zero-order chi connectivity index (χ0) is 18.8. The van der Waals surface area contributed by atoms with E-state index in [2.05, 4.69) is 9.97 Å². The van der Waals surface area contributed by atoms with Crippen molar-refractivity contribution in [2.45, 2.75) is 17.8 Å². The summed E-state index contributed by atoms with van der Waals surface area (Å²) in [5.74, 6) is 1.17. The molecule has 7 heteroatoms.